The SMILES string of the molecule is OC[C@H]1O[C@H](OCCCCCCS)[C@@H](O)[C@@H](O)[C@@H]1O. The molecule has 7 heteroatoms. The number of aliphatic hydroxyl groups is 4. The molecule has 6 nitrogen and oxygen atoms in total. The lowest BCUT2D eigenvalue weighted by Crippen LogP contribution is -2.59. The zero-order chi connectivity index (χ0) is 14.3. The summed E-state index contributed by atoms with van der Waals surface area (Å²) >= 11 is 4.12. The van der Waals surface area contributed by atoms with Crippen LogP contribution in [-0.2, 0) is 9.47 Å². The molecular formula is C12H24O6S. The van der Waals surface area contributed by atoms with E-state index >= 15 is 0 Å². The maximum Gasteiger partial charge on any atom is 0.186 e. The van der Waals surface area contributed by atoms with Crippen LogP contribution in [0.25, 0.3) is 0 Å². The number of hydrogen-bond donors (Lipinski definition) is 5. The summed E-state index contributed by atoms with van der Waals surface area (Å²) in [5.41, 5.74) is 0. The molecule has 114 valence electrons. The van der Waals surface area contributed by atoms with Gasteiger partial charge in [-0.3, -0.25) is 0 Å². The molecule has 0 unspecified atom stereocenters. The van der Waals surface area contributed by atoms with Gasteiger partial charge in [0.05, 0.1) is 6.61 Å². The van der Waals surface area contributed by atoms with Gasteiger partial charge >= 0.3 is 0 Å². The Bertz CT molecular complexity index is 240. The minimum absolute atomic E-state index is 0.398. The van der Waals surface area contributed by atoms with Gasteiger partial charge in [-0.25, -0.2) is 0 Å². The zero-order valence-corrected chi connectivity index (χ0v) is 11.8. The molecule has 4 N–H and O–H groups in total. The van der Waals surface area contributed by atoms with Crippen LogP contribution in [0.15, 0.2) is 0 Å². The third kappa shape index (κ3) is 5.18. The first-order valence-electron chi connectivity index (χ1n) is 6.64. The van der Waals surface area contributed by atoms with E-state index in [1.807, 2.05) is 0 Å². The van der Waals surface area contributed by atoms with E-state index in [0.29, 0.717) is 6.61 Å². The first kappa shape index (κ1) is 17.2. The standard InChI is InChI=1S/C12H24O6S/c13-7-8-9(14)10(15)11(16)12(18-8)17-5-3-1-2-4-6-19/h8-16,19H,1-7H2/t8-,9-,10+,11+,12+/m1/s1. The van der Waals surface area contributed by atoms with Crippen molar-refractivity contribution in [3.8, 4) is 0 Å². The molecule has 1 fully saturated rings. The van der Waals surface area contributed by atoms with Gasteiger partial charge in [0.25, 0.3) is 0 Å². The lowest BCUT2D eigenvalue weighted by Gasteiger charge is -2.39. The molecule has 0 aliphatic carbocycles. The Balaban J connectivity index is 2.28. The maximum atomic E-state index is 9.71. The van der Waals surface area contributed by atoms with Crippen LogP contribution in [0.4, 0.5) is 0 Å². The van der Waals surface area contributed by atoms with Gasteiger partial charge < -0.3 is 29.9 Å². The molecule has 0 saturated carbocycles. The molecule has 0 radical (unpaired) electrons. The fourth-order valence-electron chi connectivity index (χ4n) is 1.97. The monoisotopic (exact) mass is 296 g/mol. The Morgan fingerprint density at radius 3 is 2.26 bits per heavy atom. The van der Waals surface area contributed by atoms with Crippen LogP contribution in [0.3, 0.4) is 0 Å². The lowest BCUT2D eigenvalue weighted by atomic mass is 9.99. The average molecular weight is 296 g/mol. The molecule has 1 aliphatic rings. The van der Waals surface area contributed by atoms with Crippen molar-refractivity contribution in [2.24, 2.45) is 0 Å². The minimum Gasteiger partial charge on any atom is -0.394 e. The number of hydrogen-bond acceptors (Lipinski definition) is 7. The molecule has 0 aromatic carbocycles. The van der Waals surface area contributed by atoms with Crippen molar-refractivity contribution in [3.05, 3.63) is 0 Å². The second-order valence-corrected chi connectivity index (χ2v) is 5.15. The second kappa shape index (κ2) is 9.12. The molecule has 1 rings (SSSR count). The number of unbranched alkanes of at least 4 members (excludes halogenated alkanes) is 3. The van der Waals surface area contributed by atoms with Gasteiger partial charge in [0, 0.05) is 6.61 Å². The van der Waals surface area contributed by atoms with Crippen molar-refractivity contribution in [1.29, 1.82) is 0 Å². The smallest absolute Gasteiger partial charge is 0.186 e. The second-order valence-electron chi connectivity index (χ2n) is 4.71. The predicted octanol–water partition coefficient (Wildman–Crippen LogP) is -0.707. The summed E-state index contributed by atoms with van der Waals surface area (Å²) in [5.74, 6) is 0.869. The highest BCUT2D eigenvalue weighted by Gasteiger charge is 2.43. The molecule has 0 bridgehead atoms. The maximum absolute atomic E-state index is 9.71. The van der Waals surface area contributed by atoms with Crippen LogP contribution in [0.1, 0.15) is 25.7 Å². The first-order valence-corrected chi connectivity index (χ1v) is 7.28. The lowest BCUT2D eigenvalue weighted by molar-refractivity contribution is -0.301. The average Bonchev–Trinajstić information content (AvgIpc) is 2.42. The molecular weight excluding hydrogens is 272 g/mol. The van der Waals surface area contributed by atoms with Gasteiger partial charge in [-0.1, -0.05) is 12.8 Å². The van der Waals surface area contributed by atoms with Gasteiger partial charge in [-0.05, 0) is 18.6 Å². The third-order valence-electron chi connectivity index (χ3n) is 3.18. The molecule has 0 aromatic heterocycles. The highest BCUT2D eigenvalue weighted by atomic mass is 32.1. The van der Waals surface area contributed by atoms with Gasteiger partial charge in [-0.15, -0.1) is 0 Å². The van der Waals surface area contributed by atoms with E-state index in [0.717, 1.165) is 31.4 Å². The molecule has 1 heterocycles. The molecule has 1 aliphatic heterocycles. The molecule has 0 spiro atoms. The Hall–Kier alpha value is 0.110. The fourth-order valence-corrected chi connectivity index (χ4v) is 2.20. The molecule has 0 aromatic rings. The van der Waals surface area contributed by atoms with Crippen molar-refractivity contribution < 1.29 is 29.9 Å². The Labute approximate surface area is 118 Å². The van der Waals surface area contributed by atoms with Crippen LogP contribution in [0.2, 0.25) is 0 Å². The molecule has 5 atom stereocenters. The van der Waals surface area contributed by atoms with Crippen LogP contribution >= 0.6 is 12.6 Å². The highest BCUT2D eigenvalue weighted by Crippen LogP contribution is 2.22. The predicted molar refractivity (Wildman–Crippen MR) is 72.0 cm³/mol. The molecule has 1 saturated heterocycles. The van der Waals surface area contributed by atoms with Crippen LogP contribution in [0, 0.1) is 0 Å². The van der Waals surface area contributed by atoms with E-state index in [1.54, 1.807) is 0 Å². The third-order valence-corrected chi connectivity index (χ3v) is 3.50. The summed E-state index contributed by atoms with van der Waals surface area (Å²) in [6.45, 7) is -0.0397. The van der Waals surface area contributed by atoms with Gasteiger partial charge in [0.1, 0.15) is 24.4 Å². The highest BCUT2D eigenvalue weighted by molar-refractivity contribution is 7.80. The van der Waals surface area contributed by atoms with Crippen molar-refractivity contribution in [2.45, 2.75) is 56.4 Å². The Morgan fingerprint density at radius 1 is 0.947 bits per heavy atom. The van der Waals surface area contributed by atoms with Gasteiger partial charge in [0.2, 0.25) is 0 Å². The van der Waals surface area contributed by atoms with E-state index in [1.165, 1.54) is 0 Å². The minimum atomic E-state index is -1.37. The summed E-state index contributed by atoms with van der Waals surface area (Å²) in [7, 11) is 0. The number of ether oxygens (including phenoxy) is 2. The van der Waals surface area contributed by atoms with Crippen molar-refractivity contribution in [1.82, 2.24) is 0 Å². The van der Waals surface area contributed by atoms with E-state index in [2.05, 4.69) is 12.6 Å². The van der Waals surface area contributed by atoms with E-state index in [-0.39, 0.29) is 0 Å². The van der Waals surface area contributed by atoms with Gasteiger partial charge in [-0.2, -0.15) is 12.6 Å². The summed E-state index contributed by atoms with van der Waals surface area (Å²) < 4.78 is 10.6. The van der Waals surface area contributed by atoms with Crippen LogP contribution in [0.5, 0.6) is 0 Å². The quantitative estimate of drug-likeness (QED) is 0.300. The zero-order valence-electron chi connectivity index (χ0n) is 10.9. The first-order chi connectivity index (χ1) is 9.11. The summed E-state index contributed by atoms with van der Waals surface area (Å²) in [4.78, 5) is 0. The van der Waals surface area contributed by atoms with Crippen LogP contribution in [-0.4, -0.2) is 70.1 Å². The molecule has 19 heavy (non-hydrogen) atoms. The largest absolute Gasteiger partial charge is 0.394 e. The normalized spacial score (nSPS) is 35.5. The summed E-state index contributed by atoms with van der Waals surface area (Å²) in [6.07, 6.45) is -2.00. The topological polar surface area (TPSA) is 99.4 Å². The Kier molecular flexibility index (Phi) is 8.24. The number of aliphatic hydroxyl groups excluding tert-OH is 4. The van der Waals surface area contributed by atoms with E-state index < -0.39 is 37.3 Å². The summed E-state index contributed by atoms with van der Waals surface area (Å²) in [6, 6.07) is 0. The number of rotatable bonds is 8. The van der Waals surface area contributed by atoms with E-state index in [4.69, 9.17) is 14.6 Å². The van der Waals surface area contributed by atoms with E-state index in [9.17, 15) is 15.3 Å². The Morgan fingerprint density at radius 2 is 1.63 bits per heavy atom. The van der Waals surface area contributed by atoms with Crippen molar-refractivity contribution in [3.63, 3.8) is 0 Å². The fraction of sp³-hybridized carbons (Fsp3) is 1.00. The van der Waals surface area contributed by atoms with Crippen LogP contribution < -0.4 is 0 Å². The van der Waals surface area contributed by atoms with Crippen molar-refractivity contribution in [2.75, 3.05) is 19.0 Å². The van der Waals surface area contributed by atoms with Gasteiger partial charge in [0.15, 0.2) is 6.29 Å². The molecule has 0 amide bonds. The summed E-state index contributed by atoms with van der Waals surface area (Å²) in [5, 5.41) is 37.9. The van der Waals surface area contributed by atoms with Crippen molar-refractivity contribution >= 4 is 12.6 Å². The number of thiol groups is 1.